The summed E-state index contributed by atoms with van der Waals surface area (Å²) < 4.78 is 48.8. The number of halogens is 3. The second-order valence-electron chi connectivity index (χ2n) is 11.6. The second kappa shape index (κ2) is 12.2. The minimum Gasteiger partial charge on any atom is -0.363 e. The molecule has 1 unspecified atom stereocenters. The van der Waals surface area contributed by atoms with Crippen LogP contribution in [0.15, 0.2) is 48.1 Å². The summed E-state index contributed by atoms with van der Waals surface area (Å²) >= 11 is 0. The molecule has 12 heteroatoms. The van der Waals surface area contributed by atoms with Crippen LogP contribution >= 0.6 is 0 Å². The van der Waals surface area contributed by atoms with Gasteiger partial charge in [0.15, 0.2) is 5.72 Å². The maximum Gasteiger partial charge on any atom is 0.403 e. The highest BCUT2D eigenvalue weighted by molar-refractivity contribution is 5.95. The van der Waals surface area contributed by atoms with Crippen LogP contribution in [0.3, 0.4) is 0 Å². The lowest BCUT2D eigenvalue weighted by Gasteiger charge is -2.47. The minimum atomic E-state index is -4.58. The molecule has 9 nitrogen and oxygen atoms in total. The molecule has 2 saturated heterocycles. The first-order valence-electron chi connectivity index (χ1n) is 15.0. The summed E-state index contributed by atoms with van der Waals surface area (Å²) in [5.41, 5.74) is -1.74. The number of ether oxygens (including phenoxy) is 1. The Morgan fingerprint density at radius 2 is 2.00 bits per heavy atom. The molecule has 4 aliphatic rings. The molecule has 0 spiro atoms. The van der Waals surface area contributed by atoms with Crippen molar-refractivity contribution in [3.8, 4) is 0 Å². The lowest BCUT2D eigenvalue weighted by Crippen LogP contribution is -2.60. The predicted octanol–water partition coefficient (Wildman–Crippen LogP) is 3.17. The molecule has 2 amide bonds. The van der Waals surface area contributed by atoms with Gasteiger partial charge in [0.1, 0.15) is 11.1 Å². The third-order valence-electron chi connectivity index (χ3n) is 9.09. The molecule has 1 saturated carbocycles. The van der Waals surface area contributed by atoms with Gasteiger partial charge in [-0.05, 0) is 57.4 Å². The first-order chi connectivity index (χ1) is 20.1. The number of carbonyl (C=O) groups excluding carboxylic acids is 2. The van der Waals surface area contributed by atoms with Crippen LogP contribution in [0.25, 0.3) is 0 Å². The number of piperazine rings is 1. The lowest BCUT2D eigenvalue weighted by atomic mass is 9.83. The maximum atomic E-state index is 14.2. The van der Waals surface area contributed by atoms with E-state index in [2.05, 4.69) is 20.9 Å². The normalized spacial score (nSPS) is 27.7. The van der Waals surface area contributed by atoms with Gasteiger partial charge in [-0.1, -0.05) is 25.8 Å². The number of amides is 2. The van der Waals surface area contributed by atoms with E-state index in [0.29, 0.717) is 50.4 Å². The average Bonchev–Trinajstić information content (AvgIpc) is 3.70. The number of hydrogen-bond donors (Lipinski definition) is 3. The van der Waals surface area contributed by atoms with Crippen LogP contribution in [0.1, 0.15) is 57.9 Å². The van der Waals surface area contributed by atoms with Crippen molar-refractivity contribution in [2.24, 2.45) is 5.41 Å². The fourth-order valence-corrected chi connectivity index (χ4v) is 6.77. The van der Waals surface area contributed by atoms with Gasteiger partial charge in [-0.25, -0.2) is 0 Å². The van der Waals surface area contributed by atoms with Gasteiger partial charge < -0.3 is 30.5 Å². The molecule has 0 bridgehead atoms. The van der Waals surface area contributed by atoms with E-state index >= 15 is 0 Å². The number of nitrogens with zero attached hydrogens (tertiary/aromatic N) is 3. The van der Waals surface area contributed by atoms with Crippen LogP contribution < -0.4 is 16.0 Å². The highest BCUT2D eigenvalue weighted by Crippen LogP contribution is 2.52. The molecule has 1 aromatic heterocycles. The minimum absolute atomic E-state index is 0.0275. The fraction of sp³-hybridized carbons (Fsp3) is 0.633. The quantitative estimate of drug-likeness (QED) is 0.428. The van der Waals surface area contributed by atoms with Gasteiger partial charge in [0.25, 0.3) is 5.91 Å². The van der Waals surface area contributed by atoms with Crippen molar-refractivity contribution in [3.63, 3.8) is 0 Å². The van der Waals surface area contributed by atoms with E-state index in [0.717, 1.165) is 18.5 Å². The van der Waals surface area contributed by atoms with Gasteiger partial charge >= 0.3 is 6.18 Å². The average molecular weight is 591 g/mol. The number of nitrogens with one attached hydrogen (secondary N) is 3. The zero-order chi connectivity index (χ0) is 30.0. The van der Waals surface area contributed by atoms with Gasteiger partial charge in [0.2, 0.25) is 5.91 Å². The Morgan fingerprint density at radius 1 is 1.21 bits per heavy atom. The van der Waals surface area contributed by atoms with E-state index in [1.54, 1.807) is 18.5 Å². The number of dihydropyridines is 1. The number of hydrogen-bond acceptors (Lipinski definition) is 7. The standard InChI is InChI=1S/C30H41F3N6O3/c1-3-23-20-38(27(41)28(30(31,32)33)11-5-6-12-28)16-17-39(23)24-9-13-29(42-4-2,21-8-7-14-34-18-21)37-25(24)26(40)36-22-10-15-35-19-22/h7-9,13-14,18,22-23,35,37H,3-6,10-12,15-17,19-20H2,1-2H3,(H,36,40)/t22-,23-,29?/m1/s1. The summed E-state index contributed by atoms with van der Waals surface area (Å²) in [5, 5.41) is 9.77. The summed E-state index contributed by atoms with van der Waals surface area (Å²) in [5.74, 6) is -1.10. The van der Waals surface area contributed by atoms with Gasteiger partial charge in [0.05, 0.1) is 5.70 Å². The monoisotopic (exact) mass is 590 g/mol. The van der Waals surface area contributed by atoms with Crippen molar-refractivity contribution in [3.05, 3.63) is 53.6 Å². The Labute approximate surface area is 244 Å². The van der Waals surface area contributed by atoms with E-state index in [1.165, 1.54) is 4.90 Å². The molecular formula is C30H41F3N6O3. The molecule has 42 heavy (non-hydrogen) atoms. The second-order valence-corrected chi connectivity index (χ2v) is 11.6. The van der Waals surface area contributed by atoms with E-state index < -0.39 is 23.2 Å². The van der Waals surface area contributed by atoms with Gasteiger partial charge in [0, 0.05) is 62.8 Å². The summed E-state index contributed by atoms with van der Waals surface area (Å²) in [6.45, 7) is 6.27. The predicted molar refractivity (Wildman–Crippen MR) is 151 cm³/mol. The summed E-state index contributed by atoms with van der Waals surface area (Å²) in [6, 6.07) is 3.38. The summed E-state index contributed by atoms with van der Waals surface area (Å²) in [4.78, 5) is 35.0. The van der Waals surface area contributed by atoms with Crippen molar-refractivity contribution in [2.45, 2.75) is 76.4 Å². The first kappa shape index (κ1) is 30.3. The smallest absolute Gasteiger partial charge is 0.363 e. The summed E-state index contributed by atoms with van der Waals surface area (Å²) in [7, 11) is 0. The summed E-state index contributed by atoms with van der Waals surface area (Å²) in [6.07, 6.45) is 4.38. The largest absolute Gasteiger partial charge is 0.403 e. The molecule has 1 aliphatic carbocycles. The fourth-order valence-electron chi connectivity index (χ4n) is 6.77. The van der Waals surface area contributed by atoms with E-state index in [9.17, 15) is 22.8 Å². The molecule has 1 aromatic rings. The SMILES string of the molecule is CCOC1(c2cccnc2)C=CC(N2CCN(C(=O)C3(C(F)(F)F)CCCC3)C[C@H]2CC)=C(C(=O)N[C@@H]2CCNC2)N1. The molecular weight excluding hydrogens is 549 g/mol. The zero-order valence-corrected chi connectivity index (χ0v) is 24.3. The van der Waals surface area contributed by atoms with Crippen molar-refractivity contribution in [1.29, 1.82) is 0 Å². The van der Waals surface area contributed by atoms with Crippen LogP contribution in [0, 0.1) is 5.41 Å². The van der Waals surface area contributed by atoms with Crippen molar-refractivity contribution < 1.29 is 27.5 Å². The highest BCUT2D eigenvalue weighted by Gasteiger charge is 2.62. The maximum absolute atomic E-state index is 14.2. The zero-order valence-electron chi connectivity index (χ0n) is 24.3. The van der Waals surface area contributed by atoms with Crippen molar-refractivity contribution in [1.82, 2.24) is 30.7 Å². The number of rotatable bonds is 8. The molecule has 4 heterocycles. The Balaban J connectivity index is 1.45. The van der Waals surface area contributed by atoms with E-state index in [-0.39, 0.29) is 43.9 Å². The van der Waals surface area contributed by atoms with Crippen LogP contribution in [-0.2, 0) is 20.1 Å². The highest BCUT2D eigenvalue weighted by atomic mass is 19.4. The van der Waals surface area contributed by atoms with Crippen LogP contribution in [0.5, 0.6) is 0 Å². The van der Waals surface area contributed by atoms with Gasteiger partial charge in [-0.15, -0.1) is 0 Å². The van der Waals surface area contributed by atoms with Gasteiger partial charge in [-0.3, -0.25) is 14.6 Å². The van der Waals surface area contributed by atoms with Crippen LogP contribution in [0.2, 0.25) is 0 Å². The number of pyridine rings is 1. The van der Waals surface area contributed by atoms with Crippen molar-refractivity contribution in [2.75, 3.05) is 39.3 Å². The third-order valence-corrected chi connectivity index (χ3v) is 9.09. The number of alkyl halides is 3. The Morgan fingerprint density at radius 3 is 2.62 bits per heavy atom. The first-order valence-corrected chi connectivity index (χ1v) is 15.0. The molecule has 3 fully saturated rings. The van der Waals surface area contributed by atoms with Gasteiger partial charge in [-0.2, -0.15) is 13.2 Å². The Hall–Kier alpha value is -3.12. The molecule has 5 rings (SSSR count). The van der Waals surface area contributed by atoms with Crippen LogP contribution in [-0.4, -0.2) is 84.2 Å². The van der Waals surface area contributed by atoms with Crippen LogP contribution in [0.4, 0.5) is 13.2 Å². The lowest BCUT2D eigenvalue weighted by molar-refractivity contribution is -0.226. The topological polar surface area (TPSA) is 98.8 Å². The molecule has 230 valence electrons. The number of aromatic nitrogens is 1. The molecule has 3 N–H and O–H groups in total. The Kier molecular flexibility index (Phi) is 8.84. The number of allylic oxidation sites excluding steroid dienone is 1. The molecule has 0 radical (unpaired) electrons. The molecule has 3 aliphatic heterocycles. The van der Waals surface area contributed by atoms with E-state index in [1.807, 2.05) is 37.0 Å². The molecule has 3 atom stereocenters. The molecule has 0 aromatic carbocycles. The Bertz CT molecular complexity index is 1190. The number of carbonyl (C=O) groups is 2. The van der Waals surface area contributed by atoms with Crippen molar-refractivity contribution >= 4 is 11.8 Å². The third kappa shape index (κ3) is 5.62. The van der Waals surface area contributed by atoms with E-state index in [4.69, 9.17) is 4.74 Å².